The van der Waals surface area contributed by atoms with Gasteiger partial charge in [-0.15, -0.1) is 11.3 Å². The lowest BCUT2D eigenvalue weighted by atomic mass is 10.0. The fourth-order valence-corrected chi connectivity index (χ4v) is 4.26. The van der Waals surface area contributed by atoms with Gasteiger partial charge in [-0.3, -0.25) is 9.59 Å². The van der Waals surface area contributed by atoms with Crippen molar-refractivity contribution in [3.63, 3.8) is 0 Å². The van der Waals surface area contributed by atoms with Crippen LogP contribution in [0, 0.1) is 5.82 Å². The second-order valence-electron chi connectivity index (χ2n) is 6.70. The van der Waals surface area contributed by atoms with Gasteiger partial charge in [-0.1, -0.05) is 18.2 Å². The molecule has 0 bridgehead atoms. The number of hydrogen-bond acceptors (Lipinski definition) is 6. The molecule has 1 aliphatic heterocycles. The van der Waals surface area contributed by atoms with Gasteiger partial charge < -0.3 is 14.6 Å². The molecule has 7 nitrogen and oxygen atoms in total. The number of ether oxygens (including phenoxy) is 2. The topological polar surface area (TPSA) is 93.1 Å². The number of anilines is 1. The van der Waals surface area contributed by atoms with E-state index in [-0.39, 0.29) is 34.9 Å². The molecule has 0 unspecified atom stereocenters. The van der Waals surface area contributed by atoms with E-state index in [1.807, 2.05) is 18.2 Å². The lowest BCUT2D eigenvalue weighted by Gasteiger charge is -2.26. The maximum atomic E-state index is 14.6. The molecule has 2 aromatic carbocycles. The number of thiophene rings is 1. The maximum absolute atomic E-state index is 14.6. The van der Waals surface area contributed by atoms with Crippen molar-refractivity contribution >= 4 is 34.8 Å². The molecule has 0 spiro atoms. The molecule has 158 valence electrons. The highest BCUT2D eigenvalue weighted by molar-refractivity contribution is 7.12. The number of halogens is 1. The first-order valence-corrected chi connectivity index (χ1v) is 10.0. The Labute approximate surface area is 180 Å². The Hall–Kier alpha value is -3.72. The van der Waals surface area contributed by atoms with Crippen LogP contribution in [0.2, 0.25) is 0 Å². The molecule has 0 saturated carbocycles. The lowest BCUT2D eigenvalue weighted by Crippen LogP contribution is -2.43. The summed E-state index contributed by atoms with van der Waals surface area (Å²) in [7, 11) is 1.53. The molecule has 4 rings (SSSR count). The van der Waals surface area contributed by atoms with E-state index in [4.69, 9.17) is 9.47 Å². The first kappa shape index (κ1) is 20.5. The van der Waals surface area contributed by atoms with Crippen molar-refractivity contribution in [1.29, 1.82) is 0 Å². The molecule has 9 heteroatoms. The zero-order valence-corrected chi connectivity index (χ0v) is 17.1. The number of amides is 2. The summed E-state index contributed by atoms with van der Waals surface area (Å²) in [4.78, 5) is 37.5. The van der Waals surface area contributed by atoms with Crippen LogP contribution in [-0.4, -0.2) is 30.0 Å². The number of rotatable bonds is 6. The van der Waals surface area contributed by atoms with E-state index in [9.17, 15) is 23.9 Å². The van der Waals surface area contributed by atoms with E-state index in [1.165, 1.54) is 24.6 Å². The summed E-state index contributed by atoms with van der Waals surface area (Å²) in [6, 6.07) is 10.9. The minimum atomic E-state index is -1.27. The fraction of sp³-hybridized carbons (Fsp3) is 0.136. The molecule has 0 atom stereocenters. The fourth-order valence-electron chi connectivity index (χ4n) is 3.36. The van der Waals surface area contributed by atoms with Gasteiger partial charge in [-0.2, -0.15) is 0 Å². The van der Waals surface area contributed by atoms with Gasteiger partial charge in [0.2, 0.25) is 5.91 Å². The van der Waals surface area contributed by atoms with Crippen LogP contribution in [0.5, 0.6) is 11.5 Å². The molecule has 2 heterocycles. The Morgan fingerprint density at radius 2 is 2.00 bits per heavy atom. The molecular weight excluding hydrogens is 425 g/mol. The molecule has 31 heavy (non-hydrogen) atoms. The van der Waals surface area contributed by atoms with Gasteiger partial charge >= 0.3 is 5.97 Å². The molecule has 1 N–H and O–H groups in total. The third kappa shape index (κ3) is 3.75. The minimum Gasteiger partial charge on any atom is -0.496 e. The van der Waals surface area contributed by atoms with Crippen LogP contribution < -0.4 is 14.4 Å². The van der Waals surface area contributed by atoms with E-state index < -0.39 is 23.6 Å². The molecule has 1 aromatic heterocycles. The third-order valence-electron chi connectivity index (χ3n) is 4.81. The number of para-hydroxylation sites is 1. The normalized spacial score (nSPS) is 13.2. The van der Waals surface area contributed by atoms with Crippen LogP contribution in [0.4, 0.5) is 10.1 Å². The van der Waals surface area contributed by atoms with E-state index in [2.05, 4.69) is 0 Å². The largest absolute Gasteiger partial charge is 0.496 e. The van der Waals surface area contributed by atoms with E-state index in [1.54, 1.807) is 6.07 Å². The lowest BCUT2D eigenvalue weighted by molar-refractivity contribution is -0.117. The van der Waals surface area contributed by atoms with Gasteiger partial charge in [-0.25, -0.2) is 14.1 Å². The second-order valence-corrected chi connectivity index (χ2v) is 7.57. The van der Waals surface area contributed by atoms with Gasteiger partial charge in [-0.05, 0) is 29.1 Å². The molecule has 1 aliphatic rings. The number of methoxy groups -OCH3 is 1. The maximum Gasteiger partial charge on any atom is 0.346 e. The molecule has 0 fully saturated rings. The third-order valence-corrected chi connectivity index (χ3v) is 5.83. The summed E-state index contributed by atoms with van der Waals surface area (Å²) in [5.74, 6) is -2.74. The summed E-state index contributed by atoms with van der Waals surface area (Å²) in [5, 5.41) is 10.8. The summed E-state index contributed by atoms with van der Waals surface area (Å²) in [6.07, 6.45) is -0.198. The molecule has 2 amide bonds. The summed E-state index contributed by atoms with van der Waals surface area (Å²) in [6.45, 7) is 0.120. The summed E-state index contributed by atoms with van der Waals surface area (Å²) >= 11 is 0.863. The number of fused-ring (bicyclic) bond motifs is 1. The highest BCUT2D eigenvalue weighted by atomic mass is 32.1. The first-order valence-electron chi connectivity index (χ1n) is 9.16. The zero-order valence-electron chi connectivity index (χ0n) is 16.3. The van der Waals surface area contributed by atoms with Crippen LogP contribution in [0.15, 0.2) is 47.8 Å². The summed E-state index contributed by atoms with van der Waals surface area (Å²) < 4.78 is 25.6. The average Bonchev–Trinajstić information content (AvgIpc) is 3.18. The first-order chi connectivity index (χ1) is 14.9. The Bertz CT molecular complexity index is 1200. The van der Waals surface area contributed by atoms with Crippen molar-refractivity contribution in [2.45, 2.75) is 13.0 Å². The number of carbonyl (C=O) groups is 3. The monoisotopic (exact) mass is 441 g/mol. The molecule has 0 radical (unpaired) electrons. The van der Waals surface area contributed by atoms with Crippen molar-refractivity contribution in [1.82, 2.24) is 0 Å². The molecule has 0 saturated heterocycles. The van der Waals surface area contributed by atoms with E-state index in [0.717, 1.165) is 23.0 Å². The molecule has 0 aliphatic carbocycles. The van der Waals surface area contributed by atoms with Gasteiger partial charge in [0.1, 0.15) is 28.8 Å². The van der Waals surface area contributed by atoms with Gasteiger partial charge in [0.15, 0.2) is 0 Å². The Morgan fingerprint density at radius 1 is 1.23 bits per heavy atom. The number of carboxylic acid groups (broad SMARTS) is 1. The molecule has 3 aromatic rings. The van der Waals surface area contributed by atoms with Crippen molar-refractivity contribution in [2.24, 2.45) is 0 Å². The van der Waals surface area contributed by atoms with Crippen LogP contribution in [0.1, 0.15) is 31.2 Å². The summed E-state index contributed by atoms with van der Waals surface area (Å²) in [5.41, 5.74) is 0.713. The Balaban J connectivity index is 1.65. The second kappa shape index (κ2) is 8.19. The number of carboxylic acids is 1. The predicted octanol–water partition coefficient (Wildman–Crippen LogP) is 3.90. The zero-order chi connectivity index (χ0) is 22.1. The molecular formula is C22H16FNO6S. The number of imide groups is 1. The van der Waals surface area contributed by atoms with Crippen molar-refractivity contribution < 1.29 is 33.4 Å². The Morgan fingerprint density at radius 3 is 2.74 bits per heavy atom. The number of aromatic carboxylic acids is 1. The van der Waals surface area contributed by atoms with Crippen LogP contribution >= 0.6 is 11.3 Å². The van der Waals surface area contributed by atoms with E-state index in [0.29, 0.717) is 16.2 Å². The standard InChI is InChI=1S/C22H16FNO6S/c1-29-17-5-3-2-4-12(17)10-30-14-6-7-15(23)16(9-14)24-18(25)8-13-11-31-20(22(27)28)19(13)21(24)26/h2-7,9,11H,8,10H2,1H3,(H,27,28). The van der Waals surface area contributed by atoms with Crippen molar-refractivity contribution in [3.05, 3.63) is 75.2 Å². The van der Waals surface area contributed by atoms with Gasteiger partial charge in [0.25, 0.3) is 5.91 Å². The van der Waals surface area contributed by atoms with Crippen LogP contribution in [0.25, 0.3) is 0 Å². The quantitative estimate of drug-likeness (QED) is 0.583. The predicted molar refractivity (Wildman–Crippen MR) is 111 cm³/mol. The minimum absolute atomic E-state index is 0.0863. The highest BCUT2D eigenvalue weighted by Gasteiger charge is 2.38. The van der Waals surface area contributed by atoms with Crippen molar-refractivity contribution in [2.75, 3.05) is 12.0 Å². The SMILES string of the molecule is COc1ccccc1COc1ccc(F)c(N2C(=O)Cc3csc(C(=O)O)c3C2=O)c1. The van der Waals surface area contributed by atoms with Gasteiger partial charge in [0.05, 0.1) is 24.8 Å². The number of carbonyl (C=O) groups excluding carboxylic acids is 2. The highest BCUT2D eigenvalue weighted by Crippen LogP contribution is 2.34. The number of hydrogen-bond donors (Lipinski definition) is 1. The average molecular weight is 441 g/mol. The van der Waals surface area contributed by atoms with Crippen LogP contribution in [-0.2, 0) is 17.8 Å². The number of benzene rings is 2. The smallest absolute Gasteiger partial charge is 0.346 e. The van der Waals surface area contributed by atoms with Crippen molar-refractivity contribution in [3.8, 4) is 11.5 Å². The van der Waals surface area contributed by atoms with Crippen LogP contribution in [0.3, 0.4) is 0 Å². The number of nitrogens with zero attached hydrogens (tertiary/aromatic N) is 1. The van der Waals surface area contributed by atoms with E-state index >= 15 is 0 Å². The Kier molecular flexibility index (Phi) is 5.43. The van der Waals surface area contributed by atoms with Gasteiger partial charge in [0, 0.05) is 11.6 Å².